The van der Waals surface area contributed by atoms with Gasteiger partial charge in [0, 0.05) is 38.9 Å². The van der Waals surface area contributed by atoms with E-state index in [0.29, 0.717) is 6.54 Å². The van der Waals surface area contributed by atoms with E-state index in [4.69, 9.17) is 0 Å². The molecule has 1 N–H and O–H groups in total. The normalized spacial score (nSPS) is 15.4. The fourth-order valence-corrected chi connectivity index (χ4v) is 2.51. The van der Waals surface area contributed by atoms with E-state index in [1.165, 1.54) is 4.90 Å². The molecule has 1 aliphatic rings. The Balaban J connectivity index is 2.06. The summed E-state index contributed by atoms with van der Waals surface area (Å²) in [5.74, 6) is -0.0428. The van der Waals surface area contributed by atoms with Gasteiger partial charge in [0.25, 0.3) is 0 Å². The van der Waals surface area contributed by atoms with Crippen LogP contribution in [0.25, 0.3) is 0 Å². The van der Waals surface area contributed by atoms with E-state index in [-0.39, 0.29) is 23.9 Å². The predicted molar refractivity (Wildman–Crippen MR) is 87.6 cm³/mol. The third-order valence-electron chi connectivity index (χ3n) is 4.01. The lowest BCUT2D eigenvalue weighted by atomic mass is 10.0. The number of urea groups is 1. The minimum Gasteiger partial charge on any atom is -0.347 e. The number of carbonyl (C=O) groups excluding carboxylic acids is 2. The summed E-state index contributed by atoms with van der Waals surface area (Å²) in [7, 11) is 5.27. The molecule has 0 spiro atoms. The fraction of sp³-hybridized carbons (Fsp3) is 0.688. The lowest BCUT2D eigenvalue weighted by Gasteiger charge is -2.29. The smallest absolute Gasteiger partial charge is 0.318 e. The molecule has 23 heavy (non-hydrogen) atoms. The van der Waals surface area contributed by atoms with Gasteiger partial charge in [-0.05, 0) is 18.8 Å². The van der Waals surface area contributed by atoms with Crippen molar-refractivity contribution in [2.45, 2.75) is 45.3 Å². The average molecular weight is 321 g/mol. The lowest BCUT2D eigenvalue weighted by Crippen LogP contribution is -2.53. The number of aromatic nitrogens is 2. The van der Waals surface area contributed by atoms with Gasteiger partial charge in [-0.25, -0.2) is 4.79 Å². The van der Waals surface area contributed by atoms with Gasteiger partial charge in [0.15, 0.2) is 0 Å². The zero-order chi connectivity index (χ0) is 17.1. The molecule has 0 aromatic carbocycles. The first-order valence-corrected chi connectivity index (χ1v) is 8.05. The first-order valence-electron chi connectivity index (χ1n) is 8.05. The molecule has 7 heteroatoms. The number of aryl methyl sites for hydroxylation is 1. The Morgan fingerprint density at radius 3 is 2.48 bits per heavy atom. The number of carbonyl (C=O) groups is 2. The summed E-state index contributed by atoms with van der Waals surface area (Å²) in [6.07, 6.45) is 5.71. The zero-order valence-electron chi connectivity index (χ0n) is 14.6. The first kappa shape index (κ1) is 17.3. The van der Waals surface area contributed by atoms with E-state index in [9.17, 15) is 9.59 Å². The molecule has 1 unspecified atom stereocenters. The molecule has 128 valence electrons. The minimum absolute atomic E-state index is 0.0355. The Labute approximate surface area is 137 Å². The van der Waals surface area contributed by atoms with E-state index >= 15 is 0 Å². The van der Waals surface area contributed by atoms with Gasteiger partial charge < -0.3 is 15.1 Å². The number of amides is 3. The summed E-state index contributed by atoms with van der Waals surface area (Å²) in [4.78, 5) is 28.3. The van der Waals surface area contributed by atoms with Gasteiger partial charge >= 0.3 is 6.03 Å². The molecule has 1 aliphatic carbocycles. The van der Waals surface area contributed by atoms with Crippen molar-refractivity contribution < 1.29 is 9.59 Å². The third-order valence-corrected chi connectivity index (χ3v) is 4.01. The number of nitrogens with one attached hydrogen (secondary N) is 1. The molecule has 1 fully saturated rings. The summed E-state index contributed by atoms with van der Waals surface area (Å²) in [5.41, 5.74) is 0.995. The van der Waals surface area contributed by atoms with E-state index in [1.54, 1.807) is 25.0 Å². The largest absolute Gasteiger partial charge is 0.347 e. The molecule has 7 nitrogen and oxygen atoms in total. The second-order valence-electron chi connectivity index (χ2n) is 6.79. The van der Waals surface area contributed by atoms with Gasteiger partial charge in [0.1, 0.15) is 6.04 Å². The highest BCUT2D eigenvalue weighted by Gasteiger charge is 2.35. The summed E-state index contributed by atoms with van der Waals surface area (Å²) in [5, 5.41) is 7.06. The number of rotatable bonds is 6. The van der Waals surface area contributed by atoms with Crippen molar-refractivity contribution in [1.82, 2.24) is 24.9 Å². The second kappa shape index (κ2) is 7.02. The summed E-state index contributed by atoms with van der Waals surface area (Å²) < 4.78 is 1.73. The molecule has 0 bridgehead atoms. The number of likely N-dealkylation sites (N-methyl/N-ethyl adjacent to an activating group) is 1. The lowest BCUT2D eigenvalue weighted by molar-refractivity contribution is -0.131. The molecule has 0 saturated heterocycles. The Kier molecular flexibility index (Phi) is 5.28. The molecular weight excluding hydrogens is 294 g/mol. The van der Waals surface area contributed by atoms with Crippen LogP contribution in [0.2, 0.25) is 0 Å². The van der Waals surface area contributed by atoms with Gasteiger partial charge in [-0.3, -0.25) is 9.48 Å². The standard InChI is InChI=1S/C16H27N5O2/c1-11(2)14(15(22)19(3)4)18-16(23)21(13-6-7-13)10-12-8-17-20(5)9-12/h8-9,11,13-14H,6-7,10H2,1-5H3,(H,18,23). The van der Waals surface area contributed by atoms with Crippen LogP contribution in [0.4, 0.5) is 4.79 Å². The first-order chi connectivity index (χ1) is 10.8. The molecule has 1 aromatic heterocycles. The summed E-state index contributed by atoms with van der Waals surface area (Å²) in [6.45, 7) is 4.40. The number of hydrogen-bond acceptors (Lipinski definition) is 3. The summed E-state index contributed by atoms with van der Waals surface area (Å²) in [6, 6.07) is -0.421. The van der Waals surface area contributed by atoms with Crippen LogP contribution in [0.15, 0.2) is 12.4 Å². The molecule has 1 heterocycles. The van der Waals surface area contributed by atoms with Crippen LogP contribution in [-0.4, -0.2) is 57.7 Å². The topological polar surface area (TPSA) is 70.5 Å². The third kappa shape index (κ3) is 4.46. The molecule has 1 aromatic rings. The Hall–Kier alpha value is -2.05. The van der Waals surface area contributed by atoms with Crippen LogP contribution in [0.1, 0.15) is 32.3 Å². The van der Waals surface area contributed by atoms with Crippen molar-refractivity contribution in [3.05, 3.63) is 18.0 Å². The number of hydrogen-bond donors (Lipinski definition) is 1. The van der Waals surface area contributed by atoms with Crippen LogP contribution < -0.4 is 5.32 Å². The van der Waals surface area contributed by atoms with Crippen LogP contribution in [-0.2, 0) is 18.4 Å². The molecule has 1 saturated carbocycles. The monoisotopic (exact) mass is 321 g/mol. The maximum Gasteiger partial charge on any atom is 0.318 e. The van der Waals surface area contributed by atoms with Crippen molar-refractivity contribution in [3.8, 4) is 0 Å². The van der Waals surface area contributed by atoms with Crippen LogP contribution >= 0.6 is 0 Å². The van der Waals surface area contributed by atoms with Gasteiger partial charge in [0.2, 0.25) is 5.91 Å². The molecule has 0 aliphatic heterocycles. The van der Waals surface area contributed by atoms with Gasteiger partial charge in [-0.15, -0.1) is 0 Å². The van der Waals surface area contributed by atoms with Crippen molar-refractivity contribution in [2.75, 3.05) is 14.1 Å². The highest BCUT2D eigenvalue weighted by atomic mass is 16.2. The van der Waals surface area contributed by atoms with Crippen LogP contribution in [0, 0.1) is 5.92 Å². The second-order valence-corrected chi connectivity index (χ2v) is 6.79. The predicted octanol–water partition coefficient (Wildman–Crippen LogP) is 1.21. The summed E-state index contributed by atoms with van der Waals surface area (Å²) >= 11 is 0. The highest BCUT2D eigenvalue weighted by Crippen LogP contribution is 2.28. The molecule has 2 rings (SSSR count). The Morgan fingerprint density at radius 1 is 1.39 bits per heavy atom. The Bertz CT molecular complexity index is 563. The maximum absolute atomic E-state index is 12.7. The maximum atomic E-state index is 12.7. The van der Waals surface area contributed by atoms with Crippen molar-refractivity contribution in [1.29, 1.82) is 0 Å². The Morgan fingerprint density at radius 2 is 2.04 bits per heavy atom. The van der Waals surface area contributed by atoms with Crippen molar-refractivity contribution in [2.24, 2.45) is 13.0 Å². The zero-order valence-corrected chi connectivity index (χ0v) is 14.6. The van der Waals surface area contributed by atoms with E-state index in [0.717, 1.165) is 18.4 Å². The van der Waals surface area contributed by atoms with E-state index in [1.807, 2.05) is 32.0 Å². The quantitative estimate of drug-likeness (QED) is 0.856. The molecule has 3 amide bonds. The van der Waals surface area contributed by atoms with E-state index in [2.05, 4.69) is 10.4 Å². The van der Waals surface area contributed by atoms with Gasteiger partial charge in [-0.2, -0.15) is 5.10 Å². The minimum atomic E-state index is -0.507. The van der Waals surface area contributed by atoms with Crippen LogP contribution in [0.3, 0.4) is 0 Å². The van der Waals surface area contributed by atoms with Crippen molar-refractivity contribution >= 4 is 11.9 Å². The molecule has 1 atom stereocenters. The SMILES string of the molecule is CC(C)C(NC(=O)N(Cc1cnn(C)c1)C1CC1)C(=O)N(C)C. The number of nitrogens with zero attached hydrogens (tertiary/aromatic N) is 4. The molecule has 0 radical (unpaired) electrons. The van der Waals surface area contributed by atoms with E-state index < -0.39 is 6.04 Å². The van der Waals surface area contributed by atoms with Gasteiger partial charge in [0.05, 0.1) is 12.7 Å². The fourth-order valence-electron chi connectivity index (χ4n) is 2.51. The van der Waals surface area contributed by atoms with Crippen molar-refractivity contribution in [3.63, 3.8) is 0 Å². The average Bonchev–Trinajstić information content (AvgIpc) is 3.23. The highest BCUT2D eigenvalue weighted by molar-refractivity contribution is 5.87. The van der Waals surface area contributed by atoms with Gasteiger partial charge in [-0.1, -0.05) is 13.8 Å². The molecular formula is C16H27N5O2. The van der Waals surface area contributed by atoms with Crippen LogP contribution in [0.5, 0.6) is 0 Å².